The molecule has 8 heteroatoms. The molecule has 0 saturated heterocycles. The highest BCUT2D eigenvalue weighted by atomic mass is 16.6. The molecule has 0 aliphatic carbocycles. The fourth-order valence-corrected chi connectivity index (χ4v) is 1.91. The summed E-state index contributed by atoms with van der Waals surface area (Å²) >= 11 is 0. The van der Waals surface area contributed by atoms with Crippen molar-refractivity contribution in [2.45, 2.75) is 45.3 Å². The molecule has 0 aromatic rings. The third-order valence-electron chi connectivity index (χ3n) is 2.97. The largest absolute Gasteiger partial charge is 0.469 e. The van der Waals surface area contributed by atoms with Gasteiger partial charge in [0.1, 0.15) is 11.6 Å². The highest BCUT2D eigenvalue weighted by Crippen LogP contribution is 2.15. The van der Waals surface area contributed by atoms with Crippen LogP contribution in [0.25, 0.3) is 0 Å². The van der Waals surface area contributed by atoms with Gasteiger partial charge in [0.25, 0.3) is 0 Å². The van der Waals surface area contributed by atoms with Crippen molar-refractivity contribution in [3.05, 3.63) is 0 Å². The summed E-state index contributed by atoms with van der Waals surface area (Å²) in [6, 6.07) is -0.990. The van der Waals surface area contributed by atoms with Gasteiger partial charge in [0, 0.05) is 0 Å². The van der Waals surface area contributed by atoms with Gasteiger partial charge in [-0.3, -0.25) is 4.79 Å². The maximum Gasteiger partial charge on any atom is 0.408 e. The van der Waals surface area contributed by atoms with Crippen molar-refractivity contribution in [1.82, 2.24) is 10.6 Å². The Bertz CT molecular complexity index is 405. The Labute approximate surface area is 137 Å². The van der Waals surface area contributed by atoms with E-state index in [0.29, 0.717) is 13.0 Å². The molecule has 0 radical (unpaired) electrons. The van der Waals surface area contributed by atoms with E-state index in [1.807, 2.05) is 0 Å². The first kappa shape index (κ1) is 21.2. The summed E-state index contributed by atoms with van der Waals surface area (Å²) < 4.78 is 14.6. The highest BCUT2D eigenvalue weighted by molar-refractivity contribution is 5.82. The minimum atomic E-state index is -0.990. The van der Waals surface area contributed by atoms with E-state index in [0.717, 1.165) is 0 Å². The topological polar surface area (TPSA) is 103 Å². The Morgan fingerprint density at radius 3 is 2.04 bits per heavy atom. The zero-order valence-electron chi connectivity index (χ0n) is 14.7. The minimum Gasteiger partial charge on any atom is -0.469 e. The Balaban J connectivity index is 4.96. The molecule has 0 spiro atoms. The average Bonchev–Trinajstić information content (AvgIpc) is 2.46. The maximum atomic E-state index is 11.9. The fourth-order valence-electron chi connectivity index (χ4n) is 1.91. The van der Waals surface area contributed by atoms with Crippen LogP contribution in [0.2, 0.25) is 0 Å². The number of alkyl carbamates (subject to hydrolysis) is 1. The molecule has 1 amide bonds. The molecule has 2 N–H and O–H groups in total. The van der Waals surface area contributed by atoms with Gasteiger partial charge in [-0.25, -0.2) is 9.59 Å². The molecule has 0 aliphatic rings. The molecular weight excluding hydrogens is 304 g/mol. The number of amides is 1. The van der Waals surface area contributed by atoms with Gasteiger partial charge in [0.2, 0.25) is 0 Å². The van der Waals surface area contributed by atoms with E-state index in [-0.39, 0.29) is 6.42 Å². The van der Waals surface area contributed by atoms with Crippen LogP contribution >= 0.6 is 0 Å². The quantitative estimate of drug-likeness (QED) is 0.501. The van der Waals surface area contributed by atoms with Crippen molar-refractivity contribution >= 4 is 18.0 Å². The minimum absolute atomic E-state index is 0.0697. The predicted molar refractivity (Wildman–Crippen MR) is 83.8 cm³/mol. The monoisotopic (exact) mass is 332 g/mol. The molecule has 0 aromatic carbocycles. The Kier molecular flexibility index (Phi) is 9.24. The number of methoxy groups -OCH3 is 2. The van der Waals surface area contributed by atoms with Crippen molar-refractivity contribution in [2.24, 2.45) is 5.92 Å². The molecule has 0 aromatic heterocycles. The zero-order chi connectivity index (χ0) is 18.0. The van der Waals surface area contributed by atoms with Crippen molar-refractivity contribution in [3.8, 4) is 0 Å². The summed E-state index contributed by atoms with van der Waals surface area (Å²) in [5.74, 6) is -1.64. The van der Waals surface area contributed by atoms with Crippen LogP contribution in [0.15, 0.2) is 0 Å². The Morgan fingerprint density at radius 1 is 1.04 bits per heavy atom. The van der Waals surface area contributed by atoms with E-state index in [1.54, 1.807) is 27.8 Å². The second-order valence-electron chi connectivity index (χ2n) is 6.07. The van der Waals surface area contributed by atoms with E-state index in [9.17, 15) is 14.4 Å². The number of hydrogen-bond acceptors (Lipinski definition) is 7. The molecule has 0 saturated carbocycles. The summed E-state index contributed by atoms with van der Waals surface area (Å²) in [4.78, 5) is 35.6. The zero-order valence-corrected chi connectivity index (χ0v) is 14.7. The van der Waals surface area contributed by atoms with E-state index in [4.69, 9.17) is 9.47 Å². The smallest absolute Gasteiger partial charge is 0.408 e. The van der Waals surface area contributed by atoms with Crippen LogP contribution in [0.3, 0.4) is 0 Å². The second-order valence-corrected chi connectivity index (χ2v) is 6.07. The summed E-state index contributed by atoms with van der Waals surface area (Å²) in [5, 5.41) is 5.38. The number of carbonyl (C=O) groups is 3. The van der Waals surface area contributed by atoms with Gasteiger partial charge in [0.15, 0.2) is 0 Å². The van der Waals surface area contributed by atoms with Crippen LogP contribution in [0, 0.1) is 5.92 Å². The summed E-state index contributed by atoms with van der Waals surface area (Å²) in [6.07, 6.45) is -0.211. The number of rotatable bonds is 8. The van der Waals surface area contributed by atoms with Gasteiger partial charge in [-0.2, -0.15) is 0 Å². The fraction of sp³-hybridized carbons (Fsp3) is 0.800. The SMILES string of the molecule is CNCCC(C[C@H](NC(=O)OC(C)(C)C)C(=O)OC)C(=O)OC. The summed E-state index contributed by atoms with van der Waals surface area (Å²) in [6.45, 7) is 5.71. The molecular formula is C15H28N2O6. The third-order valence-corrected chi connectivity index (χ3v) is 2.97. The van der Waals surface area contributed by atoms with Gasteiger partial charge in [0.05, 0.1) is 20.1 Å². The average molecular weight is 332 g/mol. The number of esters is 2. The van der Waals surface area contributed by atoms with Gasteiger partial charge >= 0.3 is 18.0 Å². The number of nitrogens with one attached hydrogen (secondary N) is 2. The molecule has 0 aliphatic heterocycles. The molecule has 0 heterocycles. The first-order chi connectivity index (χ1) is 10.6. The lowest BCUT2D eigenvalue weighted by atomic mass is 9.96. The lowest BCUT2D eigenvalue weighted by Crippen LogP contribution is -2.46. The molecule has 0 fully saturated rings. The Morgan fingerprint density at radius 2 is 1.61 bits per heavy atom. The van der Waals surface area contributed by atoms with Crippen LogP contribution in [0.4, 0.5) is 4.79 Å². The van der Waals surface area contributed by atoms with Crippen LogP contribution in [0.5, 0.6) is 0 Å². The molecule has 0 bridgehead atoms. The predicted octanol–water partition coefficient (Wildman–Crippen LogP) is 0.842. The van der Waals surface area contributed by atoms with Crippen LogP contribution in [-0.2, 0) is 23.8 Å². The van der Waals surface area contributed by atoms with Gasteiger partial charge in [-0.15, -0.1) is 0 Å². The molecule has 1 unspecified atom stereocenters. The number of ether oxygens (including phenoxy) is 3. The number of hydrogen-bond donors (Lipinski definition) is 2. The molecule has 2 atom stereocenters. The van der Waals surface area contributed by atoms with Crippen molar-refractivity contribution in [1.29, 1.82) is 0 Å². The summed E-state index contributed by atoms with van der Waals surface area (Å²) in [5.41, 5.74) is -0.696. The number of carbonyl (C=O) groups excluding carboxylic acids is 3. The van der Waals surface area contributed by atoms with Crippen LogP contribution < -0.4 is 10.6 Å². The Hall–Kier alpha value is -1.83. The van der Waals surface area contributed by atoms with E-state index in [2.05, 4.69) is 15.4 Å². The standard InChI is InChI=1S/C15H28N2O6/c1-15(2,3)23-14(20)17-11(13(19)22-6)9-10(7-8-16-4)12(18)21-5/h10-11,16H,7-9H2,1-6H3,(H,17,20)/t10?,11-/m0/s1. The maximum absolute atomic E-state index is 11.9. The lowest BCUT2D eigenvalue weighted by Gasteiger charge is -2.24. The van der Waals surface area contributed by atoms with Crippen LogP contribution in [-0.4, -0.2) is 57.5 Å². The normalized spacial score (nSPS) is 13.7. The van der Waals surface area contributed by atoms with E-state index in [1.165, 1.54) is 14.2 Å². The summed E-state index contributed by atoms with van der Waals surface area (Å²) in [7, 11) is 4.25. The van der Waals surface area contributed by atoms with Crippen molar-refractivity contribution in [2.75, 3.05) is 27.8 Å². The highest BCUT2D eigenvalue weighted by Gasteiger charge is 2.31. The van der Waals surface area contributed by atoms with Crippen molar-refractivity contribution < 1.29 is 28.6 Å². The van der Waals surface area contributed by atoms with Crippen LogP contribution in [0.1, 0.15) is 33.6 Å². The first-order valence-corrected chi connectivity index (χ1v) is 7.44. The second kappa shape index (κ2) is 10.0. The molecule has 8 nitrogen and oxygen atoms in total. The lowest BCUT2D eigenvalue weighted by molar-refractivity contribution is -0.148. The van der Waals surface area contributed by atoms with Gasteiger partial charge in [-0.05, 0) is 47.2 Å². The molecule has 134 valence electrons. The van der Waals surface area contributed by atoms with Gasteiger partial charge < -0.3 is 24.8 Å². The van der Waals surface area contributed by atoms with Gasteiger partial charge in [-0.1, -0.05) is 0 Å². The first-order valence-electron chi connectivity index (χ1n) is 7.44. The van der Waals surface area contributed by atoms with E-state index < -0.39 is 35.6 Å². The van der Waals surface area contributed by atoms with Crippen molar-refractivity contribution in [3.63, 3.8) is 0 Å². The van der Waals surface area contributed by atoms with E-state index >= 15 is 0 Å². The molecule has 23 heavy (non-hydrogen) atoms. The molecule has 0 rings (SSSR count). The third kappa shape index (κ3) is 9.02.